The summed E-state index contributed by atoms with van der Waals surface area (Å²) >= 11 is 0. The Balaban J connectivity index is 2.83. The van der Waals surface area contributed by atoms with Crippen LogP contribution in [-0.4, -0.2) is 28.7 Å². The molecule has 0 heterocycles. The van der Waals surface area contributed by atoms with Crippen molar-refractivity contribution in [1.29, 1.82) is 0 Å². The molecular weight excluding hydrogens is 313 g/mol. The van der Waals surface area contributed by atoms with Crippen LogP contribution >= 0.6 is 0 Å². The number of hydrogen-bond donors (Lipinski definition) is 3. The second kappa shape index (κ2) is 8.10. The highest BCUT2D eigenvalue weighted by Crippen LogP contribution is 2.15. The summed E-state index contributed by atoms with van der Waals surface area (Å²) in [7, 11) is 0. The van der Waals surface area contributed by atoms with Gasteiger partial charge in [0.15, 0.2) is 5.84 Å². The summed E-state index contributed by atoms with van der Waals surface area (Å²) in [5.41, 5.74) is 5.50. The maximum absolute atomic E-state index is 14.1. The number of carbonyl (C=O) groups is 1. The van der Waals surface area contributed by atoms with Crippen molar-refractivity contribution in [2.24, 2.45) is 16.8 Å². The van der Waals surface area contributed by atoms with Gasteiger partial charge in [-0.15, -0.1) is 0 Å². The van der Waals surface area contributed by atoms with Crippen molar-refractivity contribution in [3.8, 4) is 0 Å². The molecule has 7 heteroatoms. The predicted octanol–water partition coefficient (Wildman–Crippen LogP) is 2.38. The number of rotatable bonds is 6. The van der Waals surface area contributed by atoms with Crippen LogP contribution in [0.25, 0.3) is 0 Å². The fraction of sp³-hybridized carbons (Fsp3) is 0.529. The lowest BCUT2D eigenvalue weighted by Crippen LogP contribution is -2.44. The lowest BCUT2D eigenvalue weighted by molar-refractivity contribution is -0.158. The van der Waals surface area contributed by atoms with Crippen LogP contribution in [0.2, 0.25) is 0 Å². The number of benzene rings is 1. The summed E-state index contributed by atoms with van der Waals surface area (Å²) in [6, 6.07) is 3.71. The fourth-order valence-electron chi connectivity index (χ4n) is 2.08. The normalized spacial score (nSPS) is 13.9. The van der Waals surface area contributed by atoms with Gasteiger partial charge in [0, 0.05) is 17.7 Å². The highest BCUT2D eigenvalue weighted by Gasteiger charge is 2.27. The minimum absolute atomic E-state index is 0.0145. The van der Waals surface area contributed by atoms with Crippen molar-refractivity contribution in [3.05, 3.63) is 35.1 Å². The van der Waals surface area contributed by atoms with Gasteiger partial charge in [0.25, 0.3) is 0 Å². The van der Waals surface area contributed by atoms with E-state index in [0.717, 1.165) is 0 Å². The molecule has 1 rings (SSSR count). The van der Waals surface area contributed by atoms with E-state index in [2.05, 4.69) is 10.5 Å². The number of halogens is 1. The molecule has 6 nitrogen and oxygen atoms in total. The molecule has 0 bridgehead atoms. The molecule has 0 aliphatic heterocycles. The van der Waals surface area contributed by atoms with Gasteiger partial charge in [0.2, 0.25) is 0 Å². The van der Waals surface area contributed by atoms with E-state index in [9.17, 15) is 9.18 Å². The summed E-state index contributed by atoms with van der Waals surface area (Å²) in [4.78, 5) is 12.3. The number of esters is 1. The molecule has 0 fully saturated rings. The Kier molecular flexibility index (Phi) is 6.71. The third-order valence-electron chi connectivity index (χ3n) is 3.30. The predicted molar refractivity (Wildman–Crippen MR) is 90.2 cm³/mol. The first kappa shape index (κ1) is 19.9. The zero-order chi connectivity index (χ0) is 18.5. The summed E-state index contributed by atoms with van der Waals surface area (Å²) in [6.07, 6.45) is 0. The van der Waals surface area contributed by atoms with Gasteiger partial charge in [-0.05, 0) is 32.8 Å². The Hall–Kier alpha value is -2.15. The second-order valence-electron chi connectivity index (χ2n) is 6.93. The van der Waals surface area contributed by atoms with Crippen molar-refractivity contribution in [1.82, 2.24) is 5.32 Å². The van der Waals surface area contributed by atoms with E-state index in [1.54, 1.807) is 26.8 Å². The topological polar surface area (TPSA) is 96.9 Å². The van der Waals surface area contributed by atoms with Crippen LogP contribution in [-0.2, 0) is 16.1 Å². The molecule has 0 saturated carbocycles. The zero-order valence-corrected chi connectivity index (χ0v) is 14.8. The largest absolute Gasteiger partial charge is 0.459 e. The van der Waals surface area contributed by atoms with E-state index in [-0.39, 0.29) is 29.8 Å². The molecule has 24 heavy (non-hydrogen) atoms. The Bertz CT molecular complexity index is 610. The number of ether oxygens (including phenoxy) is 1. The van der Waals surface area contributed by atoms with Crippen molar-refractivity contribution in [3.63, 3.8) is 0 Å². The van der Waals surface area contributed by atoms with Gasteiger partial charge in [0.1, 0.15) is 17.5 Å². The summed E-state index contributed by atoms with van der Waals surface area (Å²) < 4.78 is 19.5. The smallest absolute Gasteiger partial charge is 0.323 e. The molecule has 0 radical (unpaired) electrons. The summed E-state index contributed by atoms with van der Waals surface area (Å²) in [5, 5.41) is 14.5. The maximum Gasteiger partial charge on any atom is 0.323 e. The van der Waals surface area contributed by atoms with E-state index in [1.807, 2.05) is 13.8 Å². The lowest BCUT2D eigenvalue weighted by atomic mass is 10.0. The number of oxime groups is 1. The van der Waals surface area contributed by atoms with Crippen molar-refractivity contribution < 1.29 is 19.1 Å². The molecular formula is C17H26FN3O3. The van der Waals surface area contributed by atoms with Gasteiger partial charge in [-0.25, -0.2) is 4.39 Å². The summed E-state index contributed by atoms with van der Waals surface area (Å²) in [5.74, 6) is -1.05. The van der Waals surface area contributed by atoms with Crippen molar-refractivity contribution in [2.45, 2.75) is 52.8 Å². The van der Waals surface area contributed by atoms with Crippen molar-refractivity contribution >= 4 is 11.8 Å². The second-order valence-corrected chi connectivity index (χ2v) is 6.93. The lowest BCUT2D eigenvalue weighted by Gasteiger charge is -2.26. The van der Waals surface area contributed by atoms with Crippen LogP contribution in [0.3, 0.4) is 0 Å². The quantitative estimate of drug-likeness (QED) is 0.243. The first-order chi connectivity index (χ1) is 11.0. The fourth-order valence-corrected chi connectivity index (χ4v) is 2.08. The SMILES string of the molecule is CC(C)C(NCc1ccc(C(N)=NO)cc1F)C(=O)OC(C)(C)C. The molecule has 0 amide bonds. The van der Waals surface area contributed by atoms with E-state index >= 15 is 0 Å². The van der Waals surface area contributed by atoms with Crippen LogP contribution < -0.4 is 11.1 Å². The average Bonchev–Trinajstić information content (AvgIpc) is 2.45. The molecule has 0 aromatic heterocycles. The molecule has 0 spiro atoms. The molecule has 0 aliphatic carbocycles. The molecule has 1 aromatic carbocycles. The van der Waals surface area contributed by atoms with Gasteiger partial charge in [-0.2, -0.15) is 0 Å². The molecule has 1 atom stereocenters. The Morgan fingerprint density at radius 3 is 2.50 bits per heavy atom. The summed E-state index contributed by atoms with van der Waals surface area (Å²) in [6.45, 7) is 9.33. The molecule has 0 aliphatic rings. The van der Waals surface area contributed by atoms with Crippen LogP contribution in [0.15, 0.2) is 23.4 Å². The van der Waals surface area contributed by atoms with E-state index in [4.69, 9.17) is 15.7 Å². The third kappa shape index (κ3) is 5.81. The highest BCUT2D eigenvalue weighted by molar-refractivity contribution is 5.97. The highest BCUT2D eigenvalue weighted by atomic mass is 19.1. The molecule has 0 saturated heterocycles. The number of nitrogens with two attached hydrogens (primary N) is 1. The van der Waals surface area contributed by atoms with Crippen LogP contribution in [0.5, 0.6) is 0 Å². The van der Waals surface area contributed by atoms with Crippen LogP contribution in [0, 0.1) is 11.7 Å². The van der Waals surface area contributed by atoms with Gasteiger partial charge in [-0.3, -0.25) is 10.1 Å². The van der Waals surface area contributed by atoms with Gasteiger partial charge < -0.3 is 15.7 Å². The molecule has 134 valence electrons. The van der Waals surface area contributed by atoms with Gasteiger partial charge in [-0.1, -0.05) is 31.1 Å². The first-order valence-electron chi connectivity index (χ1n) is 7.77. The van der Waals surface area contributed by atoms with Crippen LogP contribution in [0.1, 0.15) is 45.7 Å². The minimum atomic E-state index is -0.583. The van der Waals surface area contributed by atoms with Crippen molar-refractivity contribution in [2.75, 3.05) is 0 Å². The molecule has 1 unspecified atom stereocenters. The Labute approximate surface area is 141 Å². The number of amidine groups is 1. The minimum Gasteiger partial charge on any atom is -0.459 e. The molecule has 4 N–H and O–H groups in total. The van der Waals surface area contributed by atoms with E-state index < -0.39 is 17.5 Å². The Morgan fingerprint density at radius 1 is 1.42 bits per heavy atom. The average molecular weight is 339 g/mol. The van der Waals surface area contributed by atoms with Crippen LogP contribution in [0.4, 0.5) is 4.39 Å². The van der Waals surface area contributed by atoms with E-state index in [0.29, 0.717) is 5.56 Å². The number of nitrogens with zero attached hydrogens (tertiary/aromatic N) is 1. The number of hydrogen-bond acceptors (Lipinski definition) is 5. The number of carbonyl (C=O) groups excluding carboxylic acids is 1. The van der Waals surface area contributed by atoms with E-state index in [1.165, 1.54) is 12.1 Å². The Morgan fingerprint density at radius 2 is 2.04 bits per heavy atom. The zero-order valence-electron chi connectivity index (χ0n) is 14.8. The maximum atomic E-state index is 14.1. The van der Waals surface area contributed by atoms with Gasteiger partial charge >= 0.3 is 5.97 Å². The number of nitrogens with one attached hydrogen (secondary N) is 1. The first-order valence-corrected chi connectivity index (χ1v) is 7.77. The standard InChI is InChI=1S/C17H26FN3O3/c1-10(2)14(16(22)24-17(3,4)5)20-9-12-7-6-11(8-13(12)18)15(19)21-23/h6-8,10,14,20,23H,9H2,1-5H3,(H2,19,21). The monoisotopic (exact) mass is 339 g/mol. The third-order valence-corrected chi connectivity index (χ3v) is 3.30. The molecule has 1 aromatic rings. The van der Waals surface area contributed by atoms with Gasteiger partial charge in [0.05, 0.1) is 0 Å².